The van der Waals surface area contributed by atoms with Crippen LogP contribution < -0.4 is 5.43 Å². The molecule has 1 aliphatic rings. The van der Waals surface area contributed by atoms with Crippen LogP contribution in [0.1, 0.15) is 19.3 Å². The van der Waals surface area contributed by atoms with Gasteiger partial charge in [0.15, 0.2) is 0 Å². The van der Waals surface area contributed by atoms with E-state index in [9.17, 15) is 0 Å². The first kappa shape index (κ1) is 5.35. The van der Waals surface area contributed by atoms with Crippen molar-refractivity contribution in [3.8, 4) is 0 Å². The summed E-state index contributed by atoms with van der Waals surface area (Å²) in [6.45, 7) is 0. The molecular weight excluding hydrogens is 100 g/mol. The Balaban J connectivity index is 2.31. The van der Waals surface area contributed by atoms with Crippen molar-refractivity contribution in [1.29, 1.82) is 0 Å². The molecule has 1 N–H and O–H groups in total. The van der Waals surface area contributed by atoms with E-state index in [0.29, 0.717) is 0 Å². The molecule has 1 rings (SSSR count). The predicted molar refractivity (Wildman–Crippen MR) is 34.6 cm³/mol. The van der Waals surface area contributed by atoms with Crippen LogP contribution in [0.4, 0.5) is 0 Å². The first-order valence-corrected chi connectivity index (χ1v) is 2.92. The summed E-state index contributed by atoms with van der Waals surface area (Å²) in [6.07, 6.45) is 9.35. The van der Waals surface area contributed by atoms with Crippen LogP contribution in [0.25, 0.3) is 0 Å². The summed E-state index contributed by atoms with van der Waals surface area (Å²) in [7, 11) is 0. The largest absolute Gasteiger partial charge is 0.286 e. The highest BCUT2D eigenvalue weighted by Crippen LogP contribution is 1.94. The van der Waals surface area contributed by atoms with Crippen LogP contribution in [0.2, 0.25) is 0 Å². The van der Waals surface area contributed by atoms with E-state index in [1.54, 1.807) is 0 Å². The number of nitrogens with zero attached hydrogens (tertiary/aromatic N) is 1. The van der Waals surface area contributed by atoms with Crippen molar-refractivity contribution < 1.29 is 0 Å². The van der Waals surface area contributed by atoms with Crippen molar-refractivity contribution in [3.05, 3.63) is 12.3 Å². The summed E-state index contributed by atoms with van der Waals surface area (Å²) >= 11 is 0. The summed E-state index contributed by atoms with van der Waals surface area (Å²) in [5, 5.41) is 3.87. The molecule has 8 heavy (non-hydrogen) atoms. The molecule has 1 heterocycles. The third kappa shape index (κ3) is 1.78. The Morgan fingerprint density at radius 3 is 3.38 bits per heavy atom. The lowest BCUT2D eigenvalue weighted by molar-refractivity contribution is 0.851. The maximum Gasteiger partial charge on any atom is 0.0246 e. The summed E-state index contributed by atoms with van der Waals surface area (Å²) < 4.78 is 0. The Morgan fingerprint density at radius 2 is 2.38 bits per heavy atom. The lowest BCUT2D eigenvalue weighted by Gasteiger charge is -1.94. The number of rotatable bonds is 0. The fourth-order valence-corrected chi connectivity index (χ4v) is 0.623. The summed E-state index contributed by atoms with van der Waals surface area (Å²) in [5.74, 6) is 0. The highest BCUT2D eigenvalue weighted by atomic mass is 15.3. The summed E-state index contributed by atoms with van der Waals surface area (Å²) in [6, 6.07) is 0. The van der Waals surface area contributed by atoms with Crippen LogP contribution in [0.5, 0.6) is 0 Å². The quantitative estimate of drug-likeness (QED) is 0.498. The van der Waals surface area contributed by atoms with Crippen LogP contribution >= 0.6 is 0 Å². The maximum absolute atomic E-state index is 3.87. The van der Waals surface area contributed by atoms with Crippen LogP contribution in [0.15, 0.2) is 17.4 Å². The van der Waals surface area contributed by atoms with E-state index in [0.717, 1.165) is 6.42 Å². The van der Waals surface area contributed by atoms with Crippen molar-refractivity contribution in [1.82, 2.24) is 5.43 Å². The molecule has 0 bridgehead atoms. The zero-order chi connectivity index (χ0) is 5.66. The van der Waals surface area contributed by atoms with Gasteiger partial charge in [0.05, 0.1) is 0 Å². The van der Waals surface area contributed by atoms with Crippen LogP contribution in [-0.2, 0) is 0 Å². The Labute approximate surface area is 49.3 Å². The molecule has 0 aromatic heterocycles. The van der Waals surface area contributed by atoms with Gasteiger partial charge >= 0.3 is 0 Å². The van der Waals surface area contributed by atoms with E-state index < -0.39 is 0 Å². The highest BCUT2D eigenvalue weighted by molar-refractivity contribution is 5.56. The second kappa shape index (κ2) is 3.24. The Morgan fingerprint density at radius 1 is 1.38 bits per heavy atom. The number of allylic oxidation sites excluding steroid dienone is 1. The van der Waals surface area contributed by atoms with Crippen molar-refractivity contribution >= 4 is 6.21 Å². The molecule has 0 atom stereocenters. The minimum Gasteiger partial charge on any atom is -0.286 e. The topological polar surface area (TPSA) is 24.4 Å². The molecule has 0 radical (unpaired) electrons. The van der Waals surface area contributed by atoms with Gasteiger partial charge in [0.1, 0.15) is 0 Å². The number of hydrogen-bond acceptors (Lipinski definition) is 2. The normalized spacial score (nSPS) is 27.0. The average molecular weight is 110 g/mol. The molecule has 2 heteroatoms. The molecule has 0 amide bonds. The molecule has 0 unspecified atom stereocenters. The molecule has 0 fully saturated rings. The molecule has 44 valence electrons. The van der Waals surface area contributed by atoms with Gasteiger partial charge in [0.25, 0.3) is 0 Å². The summed E-state index contributed by atoms with van der Waals surface area (Å²) in [5.41, 5.74) is 2.78. The zero-order valence-corrected chi connectivity index (χ0v) is 4.80. The molecular formula is C6H10N2. The van der Waals surface area contributed by atoms with Crippen molar-refractivity contribution in [2.24, 2.45) is 5.10 Å². The highest BCUT2D eigenvalue weighted by Gasteiger charge is 1.82. The minimum atomic E-state index is 1.09. The van der Waals surface area contributed by atoms with E-state index in [2.05, 4.69) is 16.6 Å². The minimum absolute atomic E-state index is 1.09. The van der Waals surface area contributed by atoms with Crippen LogP contribution in [-0.4, -0.2) is 6.21 Å². The van der Waals surface area contributed by atoms with Gasteiger partial charge in [-0.05, 0) is 19.3 Å². The van der Waals surface area contributed by atoms with Gasteiger partial charge in [-0.3, -0.25) is 5.43 Å². The van der Waals surface area contributed by atoms with Crippen molar-refractivity contribution in [3.63, 3.8) is 0 Å². The van der Waals surface area contributed by atoms with Gasteiger partial charge in [-0.1, -0.05) is 6.08 Å². The molecule has 0 saturated heterocycles. The van der Waals surface area contributed by atoms with Crippen LogP contribution in [0.3, 0.4) is 0 Å². The average Bonchev–Trinajstić information content (AvgIpc) is 1.62. The fourth-order valence-electron chi connectivity index (χ4n) is 0.623. The molecule has 0 aliphatic carbocycles. The third-order valence-electron chi connectivity index (χ3n) is 1.06. The fraction of sp³-hybridized carbons (Fsp3) is 0.500. The van der Waals surface area contributed by atoms with Crippen molar-refractivity contribution in [2.75, 3.05) is 0 Å². The number of hydrogen-bond donors (Lipinski definition) is 1. The zero-order valence-electron chi connectivity index (χ0n) is 4.80. The van der Waals surface area contributed by atoms with Gasteiger partial charge in [0.2, 0.25) is 0 Å². The van der Waals surface area contributed by atoms with E-state index in [1.165, 1.54) is 12.8 Å². The van der Waals surface area contributed by atoms with Crippen molar-refractivity contribution in [2.45, 2.75) is 19.3 Å². The number of nitrogens with one attached hydrogen (secondary N) is 1. The third-order valence-corrected chi connectivity index (χ3v) is 1.06. The molecule has 0 saturated carbocycles. The van der Waals surface area contributed by atoms with E-state index in [4.69, 9.17) is 0 Å². The standard InChI is InChI=1S/C6H10N2/c1-2-4-6-8-7-5-3-1/h3,5-7H,1-2,4H2/b5-3-,8-6-. The van der Waals surface area contributed by atoms with E-state index >= 15 is 0 Å². The SMILES string of the molecule is C1=C\N/N=C\CCC/1. The number of hydrazone groups is 1. The molecule has 1 aliphatic heterocycles. The second-order valence-corrected chi connectivity index (χ2v) is 1.77. The van der Waals surface area contributed by atoms with Gasteiger partial charge in [-0.15, -0.1) is 0 Å². The summed E-state index contributed by atoms with van der Waals surface area (Å²) in [4.78, 5) is 0. The molecule has 2 nitrogen and oxygen atoms in total. The predicted octanol–water partition coefficient (Wildman–Crippen LogP) is 1.26. The lowest BCUT2D eigenvalue weighted by atomic mass is 10.2. The van der Waals surface area contributed by atoms with Gasteiger partial charge < -0.3 is 0 Å². The molecule has 0 spiro atoms. The molecule has 0 aromatic carbocycles. The van der Waals surface area contributed by atoms with Gasteiger partial charge in [0, 0.05) is 12.4 Å². The van der Waals surface area contributed by atoms with E-state index in [1.807, 2.05) is 12.4 Å². The first-order chi connectivity index (χ1) is 4.00. The van der Waals surface area contributed by atoms with Crippen LogP contribution in [0, 0.1) is 0 Å². The van der Waals surface area contributed by atoms with Gasteiger partial charge in [-0.2, -0.15) is 5.10 Å². The second-order valence-electron chi connectivity index (χ2n) is 1.77. The Bertz CT molecular complexity index is 93.1. The smallest absolute Gasteiger partial charge is 0.0246 e. The monoisotopic (exact) mass is 110 g/mol. The molecule has 0 aromatic rings. The maximum atomic E-state index is 3.87. The van der Waals surface area contributed by atoms with E-state index in [-0.39, 0.29) is 0 Å². The van der Waals surface area contributed by atoms with Gasteiger partial charge in [-0.25, -0.2) is 0 Å². The Hall–Kier alpha value is -0.790. The Kier molecular flexibility index (Phi) is 2.17. The lowest BCUT2D eigenvalue weighted by Crippen LogP contribution is -1.95. The first-order valence-electron chi connectivity index (χ1n) is 2.92.